The Morgan fingerprint density at radius 1 is 0.964 bits per heavy atom. The van der Waals surface area contributed by atoms with Crippen molar-refractivity contribution in [2.24, 2.45) is 0 Å². The molecule has 2 aromatic heterocycles. The van der Waals surface area contributed by atoms with Crippen molar-refractivity contribution in [1.29, 1.82) is 0 Å². The molecule has 0 saturated heterocycles. The SMILES string of the molecule is CC(C)(C)Nc1nc(Nc2ccc(OC(F)F)cc2)cc(-c2ccncc2)n1. The summed E-state index contributed by atoms with van der Waals surface area (Å²) in [4.78, 5) is 13.1. The van der Waals surface area contributed by atoms with E-state index in [1.165, 1.54) is 12.1 Å². The molecule has 0 saturated carbocycles. The topological polar surface area (TPSA) is 72.0 Å². The highest BCUT2D eigenvalue weighted by molar-refractivity contribution is 5.67. The van der Waals surface area contributed by atoms with Gasteiger partial charge in [0.25, 0.3) is 0 Å². The van der Waals surface area contributed by atoms with Crippen LogP contribution in [0.5, 0.6) is 5.75 Å². The second-order valence-electron chi connectivity index (χ2n) is 7.10. The fraction of sp³-hybridized carbons (Fsp3) is 0.250. The second-order valence-corrected chi connectivity index (χ2v) is 7.10. The van der Waals surface area contributed by atoms with Crippen LogP contribution in [0.3, 0.4) is 0 Å². The Morgan fingerprint density at radius 3 is 2.25 bits per heavy atom. The molecular weight excluding hydrogens is 364 g/mol. The van der Waals surface area contributed by atoms with E-state index >= 15 is 0 Å². The van der Waals surface area contributed by atoms with Gasteiger partial charge in [0.1, 0.15) is 11.6 Å². The standard InChI is InChI=1S/C20H21F2N5O/c1-20(2,3)27-19-25-16(13-8-10-23-11-9-13)12-17(26-19)24-14-4-6-15(7-5-14)28-18(21)22/h4-12,18H,1-3H3,(H2,24,25,26,27). The minimum absolute atomic E-state index is 0.0933. The lowest BCUT2D eigenvalue weighted by Gasteiger charge is -2.21. The van der Waals surface area contributed by atoms with Gasteiger partial charge in [0.2, 0.25) is 5.95 Å². The number of nitrogens with one attached hydrogen (secondary N) is 2. The number of hydrogen-bond donors (Lipinski definition) is 2. The van der Waals surface area contributed by atoms with Gasteiger partial charge < -0.3 is 15.4 Å². The predicted octanol–water partition coefficient (Wildman–Crippen LogP) is 5.09. The molecule has 0 unspecified atom stereocenters. The third-order valence-corrected chi connectivity index (χ3v) is 3.54. The monoisotopic (exact) mass is 385 g/mol. The van der Waals surface area contributed by atoms with Crippen molar-refractivity contribution in [3.63, 3.8) is 0 Å². The molecule has 2 heterocycles. The van der Waals surface area contributed by atoms with E-state index in [2.05, 4.69) is 30.3 Å². The van der Waals surface area contributed by atoms with Crippen LogP contribution in [0.4, 0.5) is 26.2 Å². The Morgan fingerprint density at radius 2 is 1.64 bits per heavy atom. The van der Waals surface area contributed by atoms with E-state index in [0.717, 1.165) is 11.3 Å². The Hall–Kier alpha value is -3.29. The van der Waals surface area contributed by atoms with E-state index < -0.39 is 6.61 Å². The van der Waals surface area contributed by atoms with E-state index in [1.807, 2.05) is 39.0 Å². The van der Waals surface area contributed by atoms with Crippen molar-refractivity contribution in [3.05, 3.63) is 54.9 Å². The number of aromatic nitrogens is 3. The van der Waals surface area contributed by atoms with Crippen LogP contribution in [0.2, 0.25) is 0 Å². The van der Waals surface area contributed by atoms with Gasteiger partial charge in [-0.25, -0.2) is 4.98 Å². The Balaban J connectivity index is 1.89. The van der Waals surface area contributed by atoms with E-state index in [9.17, 15) is 8.78 Å². The number of hydrogen-bond acceptors (Lipinski definition) is 6. The number of rotatable bonds is 6. The summed E-state index contributed by atoms with van der Waals surface area (Å²) in [5, 5.41) is 6.44. The molecule has 0 spiro atoms. The molecule has 0 aliphatic rings. The highest BCUT2D eigenvalue weighted by Crippen LogP contribution is 2.25. The fourth-order valence-corrected chi connectivity index (χ4v) is 2.44. The van der Waals surface area contributed by atoms with Crippen LogP contribution < -0.4 is 15.4 Å². The van der Waals surface area contributed by atoms with Gasteiger partial charge in [-0.05, 0) is 57.2 Å². The third-order valence-electron chi connectivity index (χ3n) is 3.54. The number of ether oxygens (including phenoxy) is 1. The van der Waals surface area contributed by atoms with E-state index in [0.29, 0.717) is 17.5 Å². The summed E-state index contributed by atoms with van der Waals surface area (Å²) in [6, 6.07) is 11.8. The van der Waals surface area contributed by atoms with Gasteiger partial charge in [-0.3, -0.25) is 4.98 Å². The lowest BCUT2D eigenvalue weighted by molar-refractivity contribution is -0.0498. The lowest BCUT2D eigenvalue weighted by Crippen LogP contribution is -2.27. The normalized spacial score (nSPS) is 11.4. The van der Waals surface area contributed by atoms with Gasteiger partial charge in [-0.15, -0.1) is 0 Å². The molecule has 0 aliphatic carbocycles. The molecule has 146 valence electrons. The van der Waals surface area contributed by atoms with Gasteiger partial charge in [0.05, 0.1) is 5.69 Å². The number of anilines is 3. The molecule has 2 N–H and O–H groups in total. The summed E-state index contributed by atoms with van der Waals surface area (Å²) >= 11 is 0. The molecule has 1 aromatic carbocycles. The minimum atomic E-state index is -2.85. The molecule has 3 aromatic rings. The van der Waals surface area contributed by atoms with Gasteiger partial charge in [-0.1, -0.05) is 0 Å². The molecule has 0 amide bonds. The van der Waals surface area contributed by atoms with Gasteiger partial charge >= 0.3 is 6.61 Å². The van der Waals surface area contributed by atoms with Crippen LogP contribution >= 0.6 is 0 Å². The second kappa shape index (κ2) is 8.16. The molecule has 0 atom stereocenters. The lowest BCUT2D eigenvalue weighted by atomic mass is 10.1. The highest BCUT2D eigenvalue weighted by Gasteiger charge is 2.14. The molecule has 0 radical (unpaired) electrons. The Labute approximate surface area is 162 Å². The maximum absolute atomic E-state index is 12.3. The van der Waals surface area contributed by atoms with Gasteiger partial charge in [0.15, 0.2) is 0 Å². The van der Waals surface area contributed by atoms with Crippen molar-refractivity contribution in [2.45, 2.75) is 32.9 Å². The first-order chi connectivity index (χ1) is 13.3. The molecule has 8 heteroatoms. The smallest absolute Gasteiger partial charge is 0.387 e. The maximum Gasteiger partial charge on any atom is 0.387 e. The summed E-state index contributed by atoms with van der Waals surface area (Å²) in [5.41, 5.74) is 2.09. The molecule has 3 rings (SSSR count). The first-order valence-electron chi connectivity index (χ1n) is 8.68. The van der Waals surface area contributed by atoms with E-state index in [1.54, 1.807) is 24.5 Å². The Kier molecular flexibility index (Phi) is 5.67. The number of alkyl halides is 2. The number of benzene rings is 1. The largest absolute Gasteiger partial charge is 0.435 e. The summed E-state index contributed by atoms with van der Waals surface area (Å²) in [7, 11) is 0. The van der Waals surface area contributed by atoms with Crippen molar-refractivity contribution < 1.29 is 13.5 Å². The molecule has 0 aliphatic heterocycles. The predicted molar refractivity (Wildman–Crippen MR) is 105 cm³/mol. The first kappa shape index (κ1) is 19.5. The molecule has 6 nitrogen and oxygen atoms in total. The van der Waals surface area contributed by atoms with E-state index in [4.69, 9.17) is 0 Å². The van der Waals surface area contributed by atoms with Crippen LogP contribution in [0, 0.1) is 0 Å². The third kappa shape index (κ3) is 5.60. The molecule has 28 heavy (non-hydrogen) atoms. The van der Waals surface area contributed by atoms with E-state index in [-0.39, 0.29) is 11.3 Å². The molecular formula is C20H21F2N5O. The van der Waals surface area contributed by atoms with Gasteiger partial charge in [0, 0.05) is 35.2 Å². The van der Waals surface area contributed by atoms with Crippen molar-refractivity contribution >= 4 is 17.5 Å². The van der Waals surface area contributed by atoms with Gasteiger partial charge in [-0.2, -0.15) is 13.8 Å². The van der Waals surface area contributed by atoms with Crippen LogP contribution in [-0.2, 0) is 0 Å². The van der Waals surface area contributed by atoms with Crippen molar-refractivity contribution in [3.8, 4) is 17.0 Å². The number of halogens is 2. The average Bonchev–Trinajstić information content (AvgIpc) is 2.62. The summed E-state index contributed by atoms with van der Waals surface area (Å²) in [6.45, 7) is 3.20. The van der Waals surface area contributed by atoms with Crippen LogP contribution in [0.1, 0.15) is 20.8 Å². The summed E-state index contributed by atoms with van der Waals surface area (Å²) < 4.78 is 28.9. The maximum atomic E-state index is 12.3. The zero-order valence-electron chi connectivity index (χ0n) is 15.8. The summed E-state index contributed by atoms with van der Waals surface area (Å²) in [6.07, 6.45) is 3.40. The van der Waals surface area contributed by atoms with Crippen LogP contribution in [0.15, 0.2) is 54.9 Å². The molecule has 0 bridgehead atoms. The Bertz CT molecular complexity index is 912. The fourth-order valence-electron chi connectivity index (χ4n) is 2.44. The van der Waals surface area contributed by atoms with Crippen LogP contribution in [0.25, 0.3) is 11.3 Å². The van der Waals surface area contributed by atoms with Crippen molar-refractivity contribution in [2.75, 3.05) is 10.6 Å². The van der Waals surface area contributed by atoms with Crippen molar-refractivity contribution in [1.82, 2.24) is 15.0 Å². The number of pyridine rings is 1. The zero-order valence-corrected chi connectivity index (χ0v) is 15.8. The molecule has 0 fully saturated rings. The quantitative estimate of drug-likeness (QED) is 0.616. The average molecular weight is 385 g/mol. The minimum Gasteiger partial charge on any atom is -0.435 e. The summed E-state index contributed by atoms with van der Waals surface area (Å²) in [5.74, 6) is 1.13. The first-order valence-corrected chi connectivity index (χ1v) is 8.68. The highest BCUT2D eigenvalue weighted by atomic mass is 19.3. The van der Waals surface area contributed by atoms with Crippen LogP contribution in [-0.4, -0.2) is 27.1 Å². The number of nitrogens with zero attached hydrogens (tertiary/aromatic N) is 3. The zero-order chi connectivity index (χ0) is 20.1.